The number of rotatable bonds is 0. The van der Waals surface area contributed by atoms with Crippen LogP contribution in [-0.4, -0.2) is 10.1 Å². The van der Waals surface area contributed by atoms with Crippen molar-refractivity contribution in [3.63, 3.8) is 0 Å². The molecule has 1 aromatic carbocycles. The van der Waals surface area contributed by atoms with Crippen LogP contribution >= 0.6 is 11.3 Å². The van der Waals surface area contributed by atoms with E-state index in [1.807, 2.05) is 12.1 Å². The third-order valence-electron chi connectivity index (χ3n) is 1.21. The quantitative estimate of drug-likeness (QED) is 0.621. The molecule has 0 saturated carbocycles. The van der Waals surface area contributed by atoms with Crippen LogP contribution in [0.5, 0.6) is 5.19 Å². The summed E-state index contributed by atoms with van der Waals surface area (Å²) >= 11 is 1.27. The smallest absolute Gasteiger partial charge is 0.271 e. The minimum atomic E-state index is 0.109. The Hall–Kier alpha value is -1.09. The van der Waals surface area contributed by atoms with Gasteiger partial charge in [0, 0.05) is 6.07 Å². The summed E-state index contributed by atoms with van der Waals surface area (Å²) < 4.78 is 0.972. The van der Waals surface area contributed by atoms with E-state index in [0.29, 0.717) is 0 Å². The molecule has 1 aromatic heterocycles. The van der Waals surface area contributed by atoms with E-state index in [9.17, 15) is 0 Å². The van der Waals surface area contributed by atoms with Crippen LogP contribution in [0.3, 0.4) is 0 Å². The summed E-state index contributed by atoms with van der Waals surface area (Å²) in [6, 6.07) is 8.47. The average Bonchev–Trinajstić information content (AvgIpc) is 2.27. The van der Waals surface area contributed by atoms with Gasteiger partial charge in [0.2, 0.25) is 0 Å². The minimum absolute atomic E-state index is 0.109. The molecule has 0 aliphatic heterocycles. The van der Waals surface area contributed by atoms with Gasteiger partial charge < -0.3 is 5.11 Å². The van der Waals surface area contributed by atoms with Crippen LogP contribution < -0.4 is 0 Å². The van der Waals surface area contributed by atoms with Crippen molar-refractivity contribution in [2.45, 2.75) is 0 Å². The monoisotopic (exact) mass is 150 g/mol. The first-order chi connectivity index (χ1) is 4.86. The lowest BCUT2D eigenvalue weighted by Gasteiger charge is -1.79. The zero-order valence-corrected chi connectivity index (χ0v) is 5.85. The zero-order valence-electron chi connectivity index (χ0n) is 5.03. The Morgan fingerprint density at radius 3 is 3.30 bits per heavy atom. The first-order valence-corrected chi connectivity index (χ1v) is 3.64. The Morgan fingerprint density at radius 1 is 1.60 bits per heavy atom. The predicted octanol–water partition coefficient (Wildman–Crippen LogP) is 1.80. The van der Waals surface area contributed by atoms with Gasteiger partial charge in [0.15, 0.2) is 0 Å². The summed E-state index contributed by atoms with van der Waals surface area (Å²) in [5, 5.41) is 9.05. The molecule has 49 valence electrons. The molecule has 0 aliphatic rings. The molecular formula is C7H4NOS. The second-order valence-electron chi connectivity index (χ2n) is 1.88. The van der Waals surface area contributed by atoms with Crippen LogP contribution in [0.2, 0.25) is 0 Å². The topological polar surface area (TPSA) is 33.1 Å². The van der Waals surface area contributed by atoms with Crippen LogP contribution in [0.25, 0.3) is 10.2 Å². The van der Waals surface area contributed by atoms with Crippen LogP contribution in [0, 0.1) is 6.07 Å². The van der Waals surface area contributed by atoms with E-state index < -0.39 is 0 Å². The van der Waals surface area contributed by atoms with E-state index in [0.717, 1.165) is 10.2 Å². The number of aromatic nitrogens is 1. The summed E-state index contributed by atoms with van der Waals surface area (Å²) in [7, 11) is 0. The highest BCUT2D eigenvalue weighted by Crippen LogP contribution is 2.25. The maximum absolute atomic E-state index is 8.94. The molecule has 0 aliphatic carbocycles. The lowest BCUT2D eigenvalue weighted by atomic mass is 10.3. The van der Waals surface area contributed by atoms with E-state index in [-0.39, 0.29) is 5.19 Å². The van der Waals surface area contributed by atoms with E-state index >= 15 is 0 Å². The summed E-state index contributed by atoms with van der Waals surface area (Å²) in [6.45, 7) is 0. The van der Waals surface area contributed by atoms with E-state index in [2.05, 4.69) is 11.1 Å². The van der Waals surface area contributed by atoms with Gasteiger partial charge in [-0.15, -0.1) is 0 Å². The second-order valence-corrected chi connectivity index (χ2v) is 2.89. The minimum Gasteiger partial charge on any atom is -0.486 e. The fraction of sp³-hybridized carbons (Fsp3) is 0. The van der Waals surface area contributed by atoms with Gasteiger partial charge in [-0.1, -0.05) is 23.5 Å². The number of fused-ring (bicyclic) bond motifs is 1. The van der Waals surface area contributed by atoms with Crippen molar-refractivity contribution in [1.29, 1.82) is 0 Å². The molecule has 2 nitrogen and oxygen atoms in total. The molecule has 1 heterocycles. The molecule has 0 amide bonds. The number of thiazole rings is 1. The number of benzene rings is 1. The second kappa shape index (κ2) is 1.95. The maximum atomic E-state index is 8.94. The first-order valence-electron chi connectivity index (χ1n) is 2.82. The standard InChI is InChI=1S/C7H4NOS/c9-7-8-5-3-1-2-4-6(5)10-7/h1-2,4H,(H,8,9). The molecule has 0 atom stereocenters. The predicted molar refractivity (Wildman–Crippen MR) is 40.1 cm³/mol. The SMILES string of the molecule is Oc1nc2[c]cccc2s1. The van der Waals surface area contributed by atoms with Crippen molar-refractivity contribution in [3.05, 3.63) is 24.3 Å². The zero-order chi connectivity index (χ0) is 6.97. The number of aromatic hydroxyl groups is 1. The van der Waals surface area contributed by atoms with Gasteiger partial charge in [-0.05, 0) is 6.07 Å². The summed E-state index contributed by atoms with van der Waals surface area (Å²) in [6.07, 6.45) is 0. The van der Waals surface area contributed by atoms with Crippen molar-refractivity contribution in [2.75, 3.05) is 0 Å². The van der Waals surface area contributed by atoms with Crippen LogP contribution in [0.4, 0.5) is 0 Å². The Labute approximate surface area is 61.8 Å². The van der Waals surface area contributed by atoms with Crippen LogP contribution in [-0.2, 0) is 0 Å². The van der Waals surface area contributed by atoms with Gasteiger partial charge >= 0.3 is 0 Å². The van der Waals surface area contributed by atoms with Crippen molar-refractivity contribution >= 4 is 21.6 Å². The lowest BCUT2D eigenvalue weighted by Crippen LogP contribution is -1.63. The fourth-order valence-corrected chi connectivity index (χ4v) is 1.48. The number of nitrogens with zero attached hydrogens (tertiary/aromatic N) is 1. The highest BCUT2D eigenvalue weighted by Gasteiger charge is 1.98. The van der Waals surface area contributed by atoms with E-state index in [4.69, 9.17) is 5.11 Å². The summed E-state index contributed by atoms with van der Waals surface area (Å²) in [5.41, 5.74) is 0.741. The van der Waals surface area contributed by atoms with Gasteiger partial charge in [0.1, 0.15) is 0 Å². The lowest BCUT2D eigenvalue weighted by molar-refractivity contribution is 0.472. The largest absolute Gasteiger partial charge is 0.486 e. The third-order valence-corrected chi connectivity index (χ3v) is 2.03. The fourth-order valence-electron chi connectivity index (χ4n) is 0.799. The molecule has 1 radical (unpaired) electrons. The van der Waals surface area contributed by atoms with Gasteiger partial charge in [-0.3, -0.25) is 0 Å². The normalized spacial score (nSPS) is 10.4. The van der Waals surface area contributed by atoms with Gasteiger partial charge in [-0.25, -0.2) is 4.98 Å². The first kappa shape index (κ1) is 5.68. The van der Waals surface area contributed by atoms with Crippen molar-refractivity contribution in [2.24, 2.45) is 0 Å². The molecule has 2 rings (SSSR count). The molecule has 0 spiro atoms. The third kappa shape index (κ3) is 0.752. The Bertz CT molecular complexity index is 322. The highest BCUT2D eigenvalue weighted by molar-refractivity contribution is 7.20. The maximum Gasteiger partial charge on any atom is 0.271 e. The molecule has 0 unspecified atom stereocenters. The van der Waals surface area contributed by atoms with Crippen molar-refractivity contribution < 1.29 is 5.11 Å². The van der Waals surface area contributed by atoms with Gasteiger partial charge in [0.05, 0.1) is 10.2 Å². The van der Waals surface area contributed by atoms with E-state index in [1.165, 1.54) is 11.3 Å². The van der Waals surface area contributed by atoms with Crippen molar-refractivity contribution in [1.82, 2.24) is 4.98 Å². The molecular weight excluding hydrogens is 146 g/mol. The molecule has 0 fully saturated rings. The highest BCUT2D eigenvalue weighted by atomic mass is 32.1. The Balaban J connectivity index is 2.88. The molecule has 1 N–H and O–H groups in total. The van der Waals surface area contributed by atoms with Gasteiger partial charge in [0.25, 0.3) is 5.19 Å². The molecule has 10 heavy (non-hydrogen) atoms. The molecule has 0 saturated heterocycles. The Morgan fingerprint density at radius 2 is 2.50 bits per heavy atom. The number of hydrogen-bond donors (Lipinski definition) is 1. The molecule has 0 bridgehead atoms. The summed E-state index contributed by atoms with van der Waals surface area (Å²) in [5.74, 6) is 0. The number of para-hydroxylation sites is 1. The Kier molecular flexibility index (Phi) is 1.11. The summed E-state index contributed by atoms with van der Waals surface area (Å²) in [4.78, 5) is 3.83. The van der Waals surface area contributed by atoms with Gasteiger partial charge in [-0.2, -0.15) is 0 Å². The average molecular weight is 150 g/mol. The molecule has 3 heteroatoms. The van der Waals surface area contributed by atoms with Crippen LogP contribution in [0.15, 0.2) is 18.2 Å². The number of hydrogen-bond acceptors (Lipinski definition) is 3. The van der Waals surface area contributed by atoms with Crippen molar-refractivity contribution in [3.8, 4) is 5.19 Å². The van der Waals surface area contributed by atoms with E-state index in [1.54, 1.807) is 6.07 Å². The molecule has 2 aromatic rings. The van der Waals surface area contributed by atoms with Crippen LogP contribution in [0.1, 0.15) is 0 Å².